The van der Waals surface area contributed by atoms with Crippen LogP contribution in [0.15, 0.2) is 0 Å². The van der Waals surface area contributed by atoms with E-state index in [9.17, 15) is 0 Å². The van der Waals surface area contributed by atoms with E-state index in [0.717, 1.165) is 45.8 Å². The van der Waals surface area contributed by atoms with Crippen molar-refractivity contribution < 1.29 is 14.2 Å². The Hall–Kier alpha value is -0.160. The minimum Gasteiger partial charge on any atom is -0.382 e. The summed E-state index contributed by atoms with van der Waals surface area (Å²) in [5, 5.41) is 3.32. The maximum absolute atomic E-state index is 5.52. The molecule has 0 rings (SSSR count). The van der Waals surface area contributed by atoms with Crippen LogP contribution in [0.3, 0.4) is 0 Å². The van der Waals surface area contributed by atoms with Crippen molar-refractivity contribution in [1.29, 1.82) is 0 Å². The molecule has 4 nitrogen and oxygen atoms in total. The third-order valence-electron chi connectivity index (χ3n) is 2.40. The van der Waals surface area contributed by atoms with Gasteiger partial charge >= 0.3 is 0 Å². The van der Waals surface area contributed by atoms with Crippen LogP contribution < -0.4 is 5.32 Å². The van der Waals surface area contributed by atoms with E-state index in [1.54, 1.807) is 7.11 Å². The molecule has 0 bridgehead atoms. The molecule has 0 atom stereocenters. The predicted molar refractivity (Wildman–Crippen MR) is 70.5 cm³/mol. The first-order valence-corrected chi connectivity index (χ1v) is 6.77. The van der Waals surface area contributed by atoms with Crippen LogP contribution in [0.4, 0.5) is 0 Å². The fourth-order valence-electron chi connectivity index (χ4n) is 1.42. The standard InChI is InChI=1S/C13H29NO3/c1-3-14-8-5-4-6-9-16-10-7-11-17-13-12-15-2/h14H,3-13H2,1-2H3. The average Bonchev–Trinajstić information content (AvgIpc) is 2.35. The average molecular weight is 247 g/mol. The van der Waals surface area contributed by atoms with Gasteiger partial charge in [-0.25, -0.2) is 0 Å². The largest absolute Gasteiger partial charge is 0.382 e. The van der Waals surface area contributed by atoms with Gasteiger partial charge in [-0.3, -0.25) is 0 Å². The van der Waals surface area contributed by atoms with Gasteiger partial charge in [0.2, 0.25) is 0 Å². The maximum atomic E-state index is 5.52. The molecule has 0 saturated heterocycles. The summed E-state index contributed by atoms with van der Waals surface area (Å²) in [6.07, 6.45) is 4.63. The van der Waals surface area contributed by atoms with Crippen molar-refractivity contribution in [3.8, 4) is 0 Å². The summed E-state index contributed by atoms with van der Waals surface area (Å²) < 4.78 is 15.7. The fourth-order valence-corrected chi connectivity index (χ4v) is 1.42. The van der Waals surface area contributed by atoms with Gasteiger partial charge in [0.25, 0.3) is 0 Å². The zero-order valence-corrected chi connectivity index (χ0v) is 11.5. The Morgan fingerprint density at radius 2 is 1.47 bits per heavy atom. The van der Waals surface area contributed by atoms with Crippen molar-refractivity contribution in [3.05, 3.63) is 0 Å². The zero-order valence-electron chi connectivity index (χ0n) is 11.5. The summed E-state index contributed by atoms with van der Waals surface area (Å²) >= 11 is 0. The van der Waals surface area contributed by atoms with Crippen molar-refractivity contribution in [2.24, 2.45) is 0 Å². The molecule has 0 aromatic carbocycles. The van der Waals surface area contributed by atoms with Gasteiger partial charge in [0.15, 0.2) is 0 Å². The molecule has 4 heteroatoms. The molecule has 0 fully saturated rings. The Morgan fingerprint density at radius 1 is 0.765 bits per heavy atom. The second-order valence-corrected chi connectivity index (χ2v) is 3.99. The first-order chi connectivity index (χ1) is 8.41. The minimum absolute atomic E-state index is 0.673. The molecule has 0 heterocycles. The van der Waals surface area contributed by atoms with E-state index in [2.05, 4.69) is 12.2 Å². The summed E-state index contributed by atoms with van der Waals surface area (Å²) in [6, 6.07) is 0. The maximum Gasteiger partial charge on any atom is 0.0700 e. The Kier molecular flexibility index (Phi) is 15.7. The molecule has 0 aromatic rings. The number of nitrogens with one attached hydrogen (secondary N) is 1. The van der Waals surface area contributed by atoms with Crippen LogP contribution in [0.25, 0.3) is 0 Å². The summed E-state index contributed by atoms with van der Waals surface area (Å²) in [6.45, 7) is 8.14. The summed E-state index contributed by atoms with van der Waals surface area (Å²) in [7, 11) is 1.68. The van der Waals surface area contributed by atoms with E-state index in [-0.39, 0.29) is 0 Å². The Balaban J connectivity index is 2.85. The van der Waals surface area contributed by atoms with Crippen LogP contribution in [-0.4, -0.2) is 53.2 Å². The monoisotopic (exact) mass is 247 g/mol. The lowest BCUT2D eigenvalue weighted by Gasteiger charge is -2.05. The summed E-state index contributed by atoms with van der Waals surface area (Å²) in [4.78, 5) is 0. The van der Waals surface area contributed by atoms with Crippen LogP contribution in [-0.2, 0) is 14.2 Å². The van der Waals surface area contributed by atoms with Gasteiger partial charge in [0.05, 0.1) is 13.2 Å². The van der Waals surface area contributed by atoms with Crippen LogP contribution in [0.5, 0.6) is 0 Å². The summed E-state index contributed by atoms with van der Waals surface area (Å²) in [5.41, 5.74) is 0. The van der Waals surface area contributed by atoms with Gasteiger partial charge in [0.1, 0.15) is 0 Å². The normalized spacial score (nSPS) is 10.9. The number of ether oxygens (including phenoxy) is 3. The first-order valence-electron chi connectivity index (χ1n) is 6.77. The molecule has 0 unspecified atom stereocenters. The molecule has 1 N–H and O–H groups in total. The highest BCUT2D eigenvalue weighted by molar-refractivity contribution is 4.46. The lowest BCUT2D eigenvalue weighted by Crippen LogP contribution is -2.13. The lowest BCUT2D eigenvalue weighted by atomic mass is 10.2. The molecule has 0 aliphatic carbocycles. The van der Waals surface area contributed by atoms with Gasteiger partial charge in [0, 0.05) is 26.9 Å². The smallest absolute Gasteiger partial charge is 0.0700 e. The van der Waals surface area contributed by atoms with Crippen LogP contribution in [0, 0.1) is 0 Å². The zero-order chi connectivity index (χ0) is 12.6. The van der Waals surface area contributed by atoms with E-state index in [0.29, 0.717) is 13.2 Å². The van der Waals surface area contributed by atoms with Gasteiger partial charge in [-0.15, -0.1) is 0 Å². The van der Waals surface area contributed by atoms with E-state index < -0.39 is 0 Å². The topological polar surface area (TPSA) is 39.7 Å². The lowest BCUT2D eigenvalue weighted by molar-refractivity contribution is 0.0508. The van der Waals surface area contributed by atoms with Crippen molar-refractivity contribution in [2.75, 3.05) is 53.2 Å². The predicted octanol–water partition coefficient (Wildman–Crippen LogP) is 1.84. The minimum atomic E-state index is 0.673. The molecule has 0 radical (unpaired) electrons. The molecule has 17 heavy (non-hydrogen) atoms. The quantitative estimate of drug-likeness (QED) is 0.475. The van der Waals surface area contributed by atoms with Crippen molar-refractivity contribution in [1.82, 2.24) is 5.32 Å². The number of methoxy groups -OCH3 is 1. The number of hydrogen-bond donors (Lipinski definition) is 1. The summed E-state index contributed by atoms with van der Waals surface area (Å²) in [5.74, 6) is 0. The second kappa shape index (κ2) is 15.8. The molecule has 0 aromatic heterocycles. The molecular weight excluding hydrogens is 218 g/mol. The van der Waals surface area contributed by atoms with Gasteiger partial charge in [-0.1, -0.05) is 6.92 Å². The Labute approximate surface area is 106 Å². The highest BCUT2D eigenvalue weighted by Crippen LogP contribution is 1.95. The van der Waals surface area contributed by atoms with Crippen LogP contribution >= 0.6 is 0 Å². The molecule has 0 amide bonds. The van der Waals surface area contributed by atoms with Crippen LogP contribution in [0.1, 0.15) is 32.6 Å². The Morgan fingerprint density at radius 3 is 2.18 bits per heavy atom. The highest BCUT2D eigenvalue weighted by atomic mass is 16.5. The Bertz CT molecular complexity index is 120. The van der Waals surface area contributed by atoms with E-state index >= 15 is 0 Å². The fraction of sp³-hybridized carbons (Fsp3) is 1.00. The first kappa shape index (κ1) is 16.8. The SMILES string of the molecule is CCNCCCCCOCCCOCCOC. The molecule has 0 aliphatic heterocycles. The van der Waals surface area contributed by atoms with Gasteiger partial charge in [-0.2, -0.15) is 0 Å². The molecule has 104 valence electrons. The third kappa shape index (κ3) is 15.8. The molecule has 0 saturated carbocycles. The van der Waals surface area contributed by atoms with Gasteiger partial charge in [-0.05, 0) is 38.8 Å². The van der Waals surface area contributed by atoms with Crippen molar-refractivity contribution >= 4 is 0 Å². The van der Waals surface area contributed by atoms with E-state index in [1.807, 2.05) is 0 Å². The number of rotatable bonds is 14. The second-order valence-electron chi connectivity index (χ2n) is 3.99. The number of unbranched alkanes of at least 4 members (excludes halogenated alkanes) is 2. The van der Waals surface area contributed by atoms with Crippen LogP contribution in [0.2, 0.25) is 0 Å². The van der Waals surface area contributed by atoms with Crippen molar-refractivity contribution in [2.45, 2.75) is 32.6 Å². The van der Waals surface area contributed by atoms with Gasteiger partial charge < -0.3 is 19.5 Å². The third-order valence-corrected chi connectivity index (χ3v) is 2.40. The van der Waals surface area contributed by atoms with Crippen molar-refractivity contribution in [3.63, 3.8) is 0 Å². The molecular formula is C13H29NO3. The molecule has 0 aliphatic rings. The molecule has 0 spiro atoms. The number of hydrogen-bond acceptors (Lipinski definition) is 4. The van der Waals surface area contributed by atoms with E-state index in [1.165, 1.54) is 12.8 Å². The highest BCUT2D eigenvalue weighted by Gasteiger charge is 1.92. The van der Waals surface area contributed by atoms with E-state index in [4.69, 9.17) is 14.2 Å².